The van der Waals surface area contributed by atoms with Crippen molar-refractivity contribution in [2.75, 3.05) is 5.32 Å². The summed E-state index contributed by atoms with van der Waals surface area (Å²) in [6.45, 7) is 1.49. The largest absolute Gasteiger partial charge is 0.339 e. The van der Waals surface area contributed by atoms with E-state index in [0.717, 1.165) is 23.5 Å². The van der Waals surface area contributed by atoms with Crippen molar-refractivity contribution in [2.24, 2.45) is 0 Å². The number of benzene rings is 1. The molecule has 0 bridgehead atoms. The fourth-order valence-electron chi connectivity index (χ4n) is 3.48. The normalized spacial score (nSPS) is 13.2. The van der Waals surface area contributed by atoms with Gasteiger partial charge in [-0.1, -0.05) is 16.8 Å². The molecule has 1 aliphatic rings. The van der Waals surface area contributed by atoms with Crippen molar-refractivity contribution in [2.45, 2.75) is 39.3 Å². The Labute approximate surface area is 174 Å². The number of hydrogen-bond acceptors (Lipinski definition) is 6. The van der Waals surface area contributed by atoms with Gasteiger partial charge in [0.05, 0.1) is 5.02 Å². The third-order valence-electron chi connectivity index (χ3n) is 4.84. The molecule has 4 rings (SSSR count). The molecule has 0 saturated heterocycles. The number of nitrogens with zero attached hydrogens (tertiary/aromatic N) is 4. The van der Waals surface area contributed by atoms with Crippen molar-refractivity contribution >= 4 is 23.2 Å². The van der Waals surface area contributed by atoms with Gasteiger partial charge in [0, 0.05) is 24.8 Å². The van der Waals surface area contributed by atoms with E-state index in [1.807, 2.05) is 0 Å². The molecule has 1 aliphatic heterocycles. The van der Waals surface area contributed by atoms with Crippen LogP contribution in [0, 0.1) is 12.7 Å². The minimum atomic E-state index is -0.666. The van der Waals surface area contributed by atoms with Crippen LogP contribution in [0.15, 0.2) is 32.3 Å². The summed E-state index contributed by atoms with van der Waals surface area (Å²) in [5.74, 6) is -0.896. The van der Waals surface area contributed by atoms with Gasteiger partial charge in [-0.15, -0.1) is 0 Å². The molecule has 0 radical (unpaired) electrons. The van der Waals surface area contributed by atoms with Gasteiger partial charge in [-0.3, -0.25) is 18.7 Å². The van der Waals surface area contributed by atoms with Gasteiger partial charge >= 0.3 is 5.69 Å². The van der Waals surface area contributed by atoms with Gasteiger partial charge in [0.15, 0.2) is 0 Å². The average Bonchev–Trinajstić information content (AvgIpc) is 3.14. The molecule has 3 aromatic rings. The van der Waals surface area contributed by atoms with Crippen LogP contribution in [-0.2, 0) is 24.3 Å². The third kappa shape index (κ3) is 3.65. The summed E-state index contributed by atoms with van der Waals surface area (Å²) in [4.78, 5) is 42.7. The van der Waals surface area contributed by atoms with Crippen LogP contribution in [0.25, 0.3) is 11.4 Å². The van der Waals surface area contributed by atoms with Crippen LogP contribution in [0.5, 0.6) is 0 Å². The monoisotopic (exact) mass is 433 g/mol. The molecule has 0 atom stereocenters. The highest BCUT2D eigenvalue weighted by atomic mass is 35.5. The smallest absolute Gasteiger partial charge is 0.331 e. The van der Waals surface area contributed by atoms with E-state index in [1.54, 1.807) is 6.92 Å². The number of aryl methyl sites for hydroxylation is 1. The lowest BCUT2D eigenvalue weighted by molar-refractivity contribution is -0.116. The lowest BCUT2D eigenvalue weighted by Gasteiger charge is -2.21. The zero-order valence-electron chi connectivity index (χ0n) is 15.9. The molecule has 11 heteroatoms. The number of hydrogen-bond donors (Lipinski definition) is 1. The quantitative estimate of drug-likeness (QED) is 0.674. The summed E-state index contributed by atoms with van der Waals surface area (Å²) in [7, 11) is 0. The highest BCUT2D eigenvalue weighted by molar-refractivity contribution is 6.31. The minimum Gasteiger partial charge on any atom is -0.339 e. The van der Waals surface area contributed by atoms with Gasteiger partial charge in [-0.05, 0) is 37.5 Å². The van der Waals surface area contributed by atoms with E-state index < -0.39 is 29.5 Å². The number of rotatable bonds is 4. The van der Waals surface area contributed by atoms with E-state index in [9.17, 15) is 18.8 Å². The molecule has 0 unspecified atom stereocenters. The van der Waals surface area contributed by atoms with Crippen molar-refractivity contribution in [1.82, 2.24) is 19.3 Å². The second kappa shape index (κ2) is 7.86. The molecule has 1 N–H and O–H groups in total. The minimum absolute atomic E-state index is 0.0858. The van der Waals surface area contributed by atoms with Crippen LogP contribution in [0.4, 0.5) is 10.1 Å². The van der Waals surface area contributed by atoms with Gasteiger partial charge in [0.25, 0.3) is 5.56 Å². The summed E-state index contributed by atoms with van der Waals surface area (Å²) < 4.78 is 20.6. The molecular weight excluding hydrogens is 417 g/mol. The summed E-state index contributed by atoms with van der Waals surface area (Å²) >= 11 is 5.72. The molecule has 1 aromatic carbocycles. The van der Waals surface area contributed by atoms with Crippen LogP contribution < -0.4 is 16.6 Å². The van der Waals surface area contributed by atoms with Crippen LogP contribution in [0.3, 0.4) is 0 Å². The van der Waals surface area contributed by atoms with E-state index >= 15 is 0 Å². The van der Waals surface area contributed by atoms with Gasteiger partial charge in [0.2, 0.25) is 17.6 Å². The van der Waals surface area contributed by atoms with E-state index in [-0.39, 0.29) is 28.0 Å². The topological polar surface area (TPSA) is 112 Å². The fraction of sp³-hybridized carbons (Fsp3) is 0.316. The standard InChI is InChI=1S/C19H17ClFN5O4/c1-10-22-17(24-30-10)16-14-4-2-3-7-25(14)19(29)26(18(16)28)9-15(27)23-11-5-6-13(21)12(20)8-11/h5-6,8H,2-4,7,9H2,1H3,(H,23,27). The lowest BCUT2D eigenvalue weighted by atomic mass is 10.0. The number of carbonyl (C=O) groups is 1. The number of halogens is 2. The zero-order valence-corrected chi connectivity index (χ0v) is 16.7. The first-order valence-electron chi connectivity index (χ1n) is 9.27. The Balaban J connectivity index is 1.74. The zero-order chi connectivity index (χ0) is 21.4. The Morgan fingerprint density at radius 3 is 2.83 bits per heavy atom. The number of amides is 1. The number of carbonyl (C=O) groups excluding carboxylic acids is 1. The van der Waals surface area contributed by atoms with E-state index in [0.29, 0.717) is 18.7 Å². The SMILES string of the molecule is Cc1nc(-c2c3n(c(=O)n(CC(=O)Nc4ccc(F)c(Cl)c4)c2=O)CCCC3)no1. The molecule has 3 heterocycles. The van der Waals surface area contributed by atoms with E-state index in [4.69, 9.17) is 16.1 Å². The first-order valence-corrected chi connectivity index (χ1v) is 9.65. The van der Waals surface area contributed by atoms with Gasteiger partial charge in [-0.25, -0.2) is 9.18 Å². The Bertz CT molecular complexity index is 1260. The number of aromatic nitrogens is 4. The van der Waals surface area contributed by atoms with Crippen LogP contribution in [0.1, 0.15) is 24.4 Å². The number of anilines is 1. The highest BCUT2D eigenvalue weighted by Crippen LogP contribution is 2.22. The molecular formula is C19H17ClFN5O4. The Morgan fingerprint density at radius 1 is 1.33 bits per heavy atom. The van der Waals surface area contributed by atoms with E-state index in [1.165, 1.54) is 16.7 Å². The molecule has 156 valence electrons. The highest BCUT2D eigenvalue weighted by Gasteiger charge is 2.26. The number of nitrogens with one attached hydrogen (secondary N) is 1. The van der Waals surface area contributed by atoms with Crippen molar-refractivity contribution in [3.63, 3.8) is 0 Å². The van der Waals surface area contributed by atoms with Crippen LogP contribution in [0.2, 0.25) is 5.02 Å². The van der Waals surface area contributed by atoms with Crippen molar-refractivity contribution in [3.05, 3.63) is 61.5 Å². The number of fused-ring (bicyclic) bond motifs is 1. The summed E-state index contributed by atoms with van der Waals surface area (Å²) in [6, 6.07) is 3.68. The molecule has 0 aliphatic carbocycles. The van der Waals surface area contributed by atoms with Gasteiger partial charge in [0.1, 0.15) is 17.9 Å². The summed E-state index contributed by atoms with van der Waals surface area (Å²) in [5.41, 5.74) is -0.304. The lowest BCUT2D eigenvalue weighted by Crippen LogP contribution is -2.45. The first kappa shape index (κ1) is 20.0. The summed E-state index contributed by atoms with van der Waals surface area (Å²) in [5, 5.41) is 6.17. The molecule has 30 heavy (non-hydrogen) atoms. The first-order chi connectivity index (χ1) is 14.3. The fourth-order valence-corrected chi connectivity index (χ4v) is 3.66. The van der Waals surface area contributed by atoms with Crippen molar-refractivity contribution in [1.29, 1.82) is 0 Å². The summed E-state index contributed by atoms with van der Waals surface area (Å²) in [6.07, 6.45) is 2.11. The third-order valence-corrected chi connectivity index (χ3v) is 5.13. The Morgan fingerprint density at radius 2 is 2.13 bits per heavy atom. The Hall–Kier alpha value is -3.27. The predicted molar refractivity (Wildman–Crippen MR) is 106 cm³/mol. The van der Waals surface area contributed by atoms with Gasteiger partial charge in [-0.2, -0.15) is 4.98 Å². The van der Waals surface area contributed by atoms with Crippen LogP contribution >= 0.6 is 11.6 Å². The average molecular weight is 434 g/mol. The maximum absolute atomic E-state index is 13.3. The molecule has 0 fully saturated rings. The molecule has 2 aromatic heterocycles. The predicted octanol–water partition coefficient (Wildman–Crippen LogP) is 2.14. The molecule has 1 amide bonds. The van der Waals surface area contributed by atoms with E-state index in [2.05, 4.69) is 15.5 Å². The van der Waals surface area contributed by atoms with Gasteiger partial charge < -0.3 is 9.84 Å². The second-order valence-corrected chi connectivity index (χ2v) is 7.33. The maximum Gasteiger partial charge on any atom is 0.331 e. The van der Waals surface area contributed by atoms with Crippen molar-refractivity contribution in [3.8, 4) is 11.4 Å². The molecule has 0 spiro atoms. The maximum atomic E-state index is 13.3. The second-order valence-electron chi connectivity index (χ2n) is 6.92. The molecule has 9 nitrogen and oxygen atoms in total. The molecule has 0 saturated carbocycles. The van der Waals surface area contributed by atoms with Crippen LogP contribution in [-0.4, -0.2) is 25.2 Å². The Kier molecular flexibility index (Phi) is 5.25. The van der Waals surface area contributed by atoms with Crippen molar-refractivity contribution < 1.29 is 13.7 Å².